The molecule has 3 N–H and O–H groups in total. The quantitative estimate of drug-likeness (QED) is 0.798. The smallest absolute Gasteiger partial charge is 0.125 e. The van der Waals surface area contributed by atoms with E-state index in [1.54, 1.807) is 0 Å². The number of hydrogen-bond acceptors (Lipinski definition) is 3. The molecule has 0 aliphatic carbocycles. The molecule has 0 amide bonds. The van der Waals surface area contributed by atoms with Crippen molar-refractivity contribution in [2.24, 2.45) is 5.73 Å². The number of rotatable bonds is 3. The second-order valence-electron chi connectivity index (χ2n) is 4.50. The van der Waals surface area contributed by atoms with Crippen molar-refractivity contribution in [3.8, 4) is 5.75 Å². The lowest BCUT2D eigenvalue weighted by Crippen LogP contribution is -2.24. The summed E-state index contributed by atoms with van der Waals surface area (Å²) in [4.78, 5) is 0. The summed E-state index contributed by atoms with van der Waals surface area (Å²) in [6, 6.07) is 7.43. The maximum Gasteiger partial charge on any atom is 0.125 e. The average Bonchev–Trinajstić information content (AvgIpc) is 2.15. The first-order chi connectivity index (χ1) is 6.94. The highest BCUT2D eigenvalue weighted by Crippen LogP contribution is 2.27. The van der Waals surface area contributed by atoms with Gasteiger partial charge in [0.2, 0.25) is 0 Å². The Balaban J connectivity index is 2.96. The van der Waals surface area contributed by atoms with E-state index in [0.29, 0.717) is 5.75 Å². The van der Waals surface area contributed by atoms with E-state index in [4.69, 9.17) is 10.5 Å². The zero-order chi connectivity index (χ0) is 11.5. The Morgan fingerprint density at radius 3 is 2.47 bits per heavy atom. The Hall–Kier alpha value is -1.06. The summed E-state index contributed by atoms with van der Waals surface area (Å²) in [5, 5.41) is 9.70. The zero-order valence-electron chi connectivity index (χ0n) is 9.53. The number of para-hydroxylation sites is 1. The summed E-state index contributed by atoms with van der Waals surface area (Å²) in [6.07, 6.45) is -0.663. The van der Waals surface area contributed by atoms with Crippen LogP contribution in [0.3, 0.4) is 0 Å². The van der Waals surface area contributed by atoms with Crippen molar-refractivity contribution >= 4 is 0 Å². The fourth-order valence-corrected chi connectivity index (χ4v) is 1.31. The Morgan fingerprint density at radius 2 is 1.93 bits per heavy atom. The van der Waals surface area contributed by atoms with Crippen molar-refractivity contribution in [3.63, 3.8) is 0 Å². The normalized spacial score (nSPS) is 13.7. The molecule has 1 atom stereocenters. The van der Waals surface area contributed by atoms with Crippen LogP contribution in [0.5, 0.6) is 5.75 Å². The van der Waals surface area contributed by atoms with Gasteiger partial charge in [0.25, 0.3) is 0 Å². The molecule has 84 valence electrons. The van der Waals surface area contributed by atoms with Crippen LogP contribution in [0.4, 0.5) is 0 Å². The van der Waals surface area contributed by atoms with Crippen LogP contribution in [-0.2, 0) is 0 Å². The number of aliphatic hydroxyl groups is 1. The van der Waals surface area contributed by atoms with E-state index in [-0.39, 0.29) is 12.1 Å². The Labute approximate surface area is 90.9 Å². The summed E-state index contributed by atoms with van der Waals surface area (Å²) in [6.45, 7) is 6.11. The van der Waals surface area contributed by atoms with E-state index in [1.165, 1.54) is 0 Å². The molecule has 1 unspecified atom stereocenters. The predicted molar refractivity (Wildman–Crippen MR) is 60.8 cm³/mol. The Morgan fingerprint density at radius 1 is 1.33 bits per heavy atom. The molecule has 1 aromatic rings. The molecule has 0 radical (unpaired) electrons. The maximum atomic E-state index is 9.70. The first kappa shape index (κ1) is 12.0. The van der Waals surface area contributed by atoms with Gasteiger partial charge in [-0.25, -0.2) is 0 Å². The Kier molecular flexibility index (Phi) is 3.72. The molecule has 3 heteroatoms. The van der Waals surface area contributed by atoms with Crippen LogP contribution >= 0.6 is 0 Å². The van der Waals surface area contributed by atoms with E-state index >= 15 is 0 Å². The maximum absolute atomic E-state index is 9.70. The van der Waals surface area contributed by atoms with Gasteiger partial charge in [0.15, 0.2) is 0 Å². The molecule has 1 rings (SSSR count). The summed E-state index contributed by atoms with van der Waals surface area (Å²) >= 11 is 0. The van der Waals surface area contributed by atoms with Gasteiger partial charge in [-0.05, 0) is 26.8 Å². The molecule has 0 aliphatic rings. The van der Waals surface area contributed by atoms with Crippen molar-refractivity contribution in [1.29, 1.82) is 0 Å². The molecular formula is C12H19NO2. The predicted octanol–water partition coefficient (Wildman–Crippen LogP) is 1.86. The summed E-state index contributed by atoms with van der Waals surface area (Å²) in [5.41, 5.74) is 5.90. The average molecular weight is 209 g/mol. The van der Waals surface area contributed by atoms with Gasteiger partial charge < -0.3 is 15.6 Å². The zero-order valence-corrected chi connectivity index (χ0v) is 9.53. The molecule has 0 saturated heterocycles. The topological polar surface area (TPSA) is 55.5 Å². The molecule has 0 fully saturated rings. The molecule has 0 bridgehead atoms. The molecule has 3 nitrogen and oxygen atoms in total. The van der Waals surface area contributed by atoms with Crippen molar-refractivity contribution in [2.45, 2.75) is 32.5 Å². The van der Waals surface area contributed by atoms with Gasteiger partial charge >= 0.3 is 0 Å². The first-order valence-electron chi connectivity index (χ1n) is 5.10. The molecule has 0 saturated carbocycles. The van der Waals surface area contributed by atoms with Crippen LogP contribution in [0.15, 0.2) is 24.3 Å². The lowest BCUT2D eigenvalue weighted by Gasteiger charge is -2.24. The number of ether oxygens (including phenoxy) is 1. The van der Waals surface area contributed by atoms with E-state index in [9.17, 15) is 5.11 Å². The largest absolute Gasteiger partial charge is 0.488 e. The number of aliphatic hydroxyl groups excluding tert-OH is 1. The first-order valence-corrected chi connectivity index (χ1v) is 5.10. The summed E-state index contributed by atoms with van der Waals surface area (Å²) in [7, 11) is 0. The third-order valence-corrected chi connectivity index (χ3v) is 1.92. The minimum Gasteiger partial charge on any atom is -0.488 e. The van der Waals surface area contributed by atoms with Gasteiger partial charge in [-0.1, -0.05) is 18.2 Å². The lowest BCUT2D eigenvalue weighted by molar-refractivity contribution is 0.119. The van der Waals surface area contributed by atoms with Crippen LogP contribution in [0.25, 0.3) is 0 Å². The number of nitrogens with two attached hydrogens (primary N) is 1. The minimum absolute atomic E-state index is 0.199. The van der Waals surface area contributed by atoms with E-state index in [1.807, 2.05) is 45.0 Å². The molecule has 0 heterocycles. The molecule has 1 aromatic carbocycles. The standard InChI is InChI=1S/C12H19NO2/c1-12(2,3)15-11-7-5-4-6-9(11)10(14)8-13/h4-7,10,14H,8,13H2,1-3H3. The van der Waals surface area contributed by atoms with Crippen LogP contribution in [-0.4, -0.2) is 17.3 Å². The van der Waals surface area contributed by atoms with E-state index in [0.717, 1.165) is 5.56 Å². The second-order valence-corrected chi connectivity index (χ2v) is 4.50. The van der Waals surface area contributed by atoms with Crippen LogP contribution < -0.4 is 10.5 Å². The Bertz CT molecular complexity index is 318. The molecule has 0 aromatic heterocycles. The summed E-state index contributed by atoms with van der Waals surface area (Å²) in [5.74, 6) is 0.697. The van der Waals surface area contributed by atoms with Crippen LogP contribution in [0, 0.1) is 0 Å². The van der Waals surface area contributed by atoms with Crippen LogP contribution in [0.1, 0.15) is 32.4 Å². The van der Waals surface area contributed by atoms with Crippen molar-refractivity contribution in [3.05, 3.63) is 29.8 Å². The van der Waals surface area contributed by atoms with E-state index < -0.39 is 6.10 Å². The molecule has 0 aliphatic heterocycles. The van der Waals surface area contributed by atoms with Gasteiger partial charge in [-0.2, -0.15) is 0 Å². The SMILES string of the molecule is CC(C)(C)Oc1ccccc1C(O)CN. The number of benzene rings is 1. The van der Waals surface area contributed by atoms with E-state index in [2.05, 4.69) is 0 Å². The van der Waals surface area contributed by atoms with Gasteiger partial charge in [0, 0.05) is 12.1 Å². The highest BCUT2D eigenvalue weighted by molar-refractivity contribution is 5.35. The third-order valence-electron chi connectivity index (χ3n) is 1.92. The highest BCUT2D eigenvalue weighted by atomic mass is 16.5. The minimum atomic E-state index is -0.663. The molecule has 0 spiro atoms. The van der Waals surface area contributed by atoms with Gasteiger partial charge in [-0.15, -0.1) is 0 Å². The van der Waals surface area contributed by atoms with Crippen molar-refractivity contribution in [1.82, 2.24) is 0 Å². The van der Waals surface area contributed by atoms with Gasteiger partial charge in [-0.3, -0.25) is 0 Å². The molecule has 15 heavy (non-hydrogen) atoms. The second kappa shape index (κ2) is 4.64. The number of hydrogen-bond donors (Lipinski definition) is 2. The van der Waals surface area contributed by atoms with Crippen molar-refractivity contribution < 1.29 is 9.84 Å². The van der Waals surface area contributed by atoms with Gasteiger partial charge in [0.1, 0.15) is 11.4 Å². The van der Waals surface area contributed by atoms with Gasteiger partial charge in [0.05, 0.1) is 6.10 Å². The van der Waals surface area contributed by atoms with Crippen molar-refractivity contribution in [2.75, 3.05) is 6.54 Å². The molecular weight excluding hydrogens is 190 g/mol. The fourth-order valence-electron chi connectivity index (χ4n) is 1.31. The lowest BCUT2D eigenvalue weighted by atomic mass is 10.1. The fraction of sp³-hybridized carbons (Fsp3) is 0.500. The van der Waals surface area contributed by atoms with Crippen LogP contribution in [0.2, 0.25) is 0 Å². The summed E-state index contributed by atoms with van der Waals surface area (Å²) < 4.78 is 5.74. The monoisotopic (exact) mass is 209 g/mol. The highest BCUT2D eigenvalue weighted by Gasteiger charge is 2.17. The third kappa shape index (κ3) is 3.53.